The Kier molecular flexibility index (Phi) is 16.8. The molecule has 0 aromatic rings. The van der Waals surface area contributed by atoms with Crippen LogP contribution in [-0.2, 0) is 10.3 Å². The summed E-state index contributed by atoms with van der Waals surface area (Å²) < 4.78 is 31.2. The Labute approximate surface area is 136 Å². The molecule has 0 saturated carbocycles. The van der Waals surface area contributed by atoms with Gasteiger partial charge in [-0.05, 0) is 6.42 Å². The number of nitrogens with one attached hydrogen (secondary N) is 1. The van der Waals surface area contributed by atoms with Gasteiger partial charge < -0.3 is 1.43 Å². The van der Waals surface area contributed by atoms with Crippen LogP contribution in [0.1, 0.15) is 72.6 Å². The van der Waals surface area contributed by atoms with Crippen LogP contribution in [-0.4, -0.2) is 19.5 Å². The number of hydrogen-bond acceptors (Lipinski definition) is 2. The summed E-state index contributed by atoms with van der Waals surface area (Å²) in [7, 11) is -3.98. The molecule has 0 aromatic carbocycles. The minimum atomic E-state index is -3.98. The first-order valence-corrected chi connectivity index (χ1v) is 8.22. The Balaban J connectivity index is -0.00000128. The van der Waals surface area contributed by atoms with Gasteiger partial charge in [0.1, 0.15) is 0 Å². The molecule has 0 heterocycles. The maximum absolute atomic E-state index is 10.3. The quantitative estimate of drug-likeness (QED) is 0.311. The average Bonchev–Trinajstić information content (AvgIpc) is 2.24. The standard InChI is InChI=1S/C12H27NO3S.Na.H/c1-2-3-4-5-6-7-8-9-10-11-12-13-17(14,15)16;;/h13H,2-12H2,1H3,(H,14,15,16);;/q;+1;-1. The normalized spacial score (nSPS) is 11.2. The summed E-state index contributed by atoms with van der Waals surface area (Å²) in [4.78, 5) is 0. The fourth-order valence-electron chi connectivity index (χ4n) is 1.81. The third kappa shape index (κ3) is 19.2. The number of rotatable bonds is 12. The Morgan fingerprint density at radius 1 is 0.889 bits per heavy atom. The molecule has 0 spiro atoms. The first kappa shape index (κ1) is 21.2. The van der Waals surface area contributed by atoms with Crippen LogP contribution in [0.5, 0.6) is 0 Å². The van der Waals surface area contributed by atoms with E-state index in [0.717, 1.165) is 19.3 Å². The molecule has 2 N–H and O–H groups in total. The van der Waals surface area contributed by atoms with Crippen molar-refractivity contribution < 1.29 is 44.0 Å². The van der Waals surface area contributed by atoms with Crippen LogP contribution in [0, 0.1) is 0 Å². The zero-order valence-corrected chi connectivity index (χ0v) is 14.8. The molecule has 0 rings (SSSR count). The number of unbranched alkanes of at least 4 members (excludes halogenated alkanes) is 9. The topological polar surface area (TPSA) is 66.4 Å². The van der Waals surface area contributed by atoms with E-state index in [1.54, 1.807) is 0 Å². The zero-order chi connectivity index (χ0) is 13.0. The summed E-state index contributed by atoms with van der Waals surface area (Å²) in [6.07, 6.45) is 12.2. The van der Waals surface area contributed by atoms with Gasteiger partial charge in [-0.3, -0.25) is 4.55 Å². The smallest absolute Gasteiger partial charge is 1.00 e. The molecule has 6 heteroatoms. The van der Waals surface area contributed by atoms with Crippen molar-refractivity contribution >= 4 is 10.3 Å². The van der Waals surface area contributed by atoms with Gasteiger partial charge in [0.25, 0.3) is 0 Å². The van der Waals surface area contributed by atoms with Crippen LogP contribution in [0.3, 0.4) is 0 Å². The number of hydrogen-bond donors (Lipinski definition) is 2. The molecule has 0 amide bonds. The Morgan fingerprint density at radius 2 is 1.28 bits per heavy atom. The summed E-state index contributed by atoms with van der Waals surface area (Å²) in [6, 6.07) is 0. The van der Waals surface area contributed by atoms with E-state index in [1.807, 2.05) is 0 Å². The molecular weight excluding hydrogens is 261 g/mol. The van der Waals surface area contributed by atoms with E-state index in [0.29, 0.717) is 6.54 Å². The maximum atomic E-state index is 10.3. The fourth-order valence-corrected chi connectivity index (χ4v) is 2.22. The molecule has 0 aliphatic rings. The molecule has 0 bridgehead atoms. The van der Waals surface area contributed by atoms with E-state index >= 15 is 0 Å². The Morgan fingerprint density at radius 3 is 1.67 bits per heavy atom. The van der Waals surface area contributed by atoms with Gasteiger partial charge in [-0.25, -0.2) is 0 Å². The fraction of sp³-hybridized carbons (Fsp3) is 1.00. The van der Waals surface area contributed by atoms with Crippen molar-refractivity contribution in [3.05, 3.63) is 0 Å². The van der Waals surface area contributed by atoms with E-state index in [2.05, 4.69) is 11.6 Å². The van der Waals surface area contributed by atoms with Crippen LogP contribution in [0.25, 0.3) is 0 Å². The van der Waals surface area contributed by atoms with E-state index in [4.69, 9.17) is 4.55 Å². The van der Waals surface area contributed by atoms with Crippen molar-refractivity contribution in [3.8, 4) is 0 Å². The van der Waals surface area contributed by atoms with Gasteiger partial charge in [0, 0.05) is 6.54 Å². The summed E-state index contributed by atoms with van der Waals surface area (Å²) in [6.45, 7) is 2.57. The maximum Gasteiger partial charge on any atom is 1.00 e. The largest absolute Gasteiger partial charge is 1.00 e. The van der Waals surface area contributed by atoms with E-state index in [1.165, 1.54) is 44.9 Å². The van der Waals surface area contributed by atoms with E-state index in [-0.39, 0.29) is 31.0 Å². The van der Waals surface area contributed by atoms with Gasteiger partial charge in [0.15, 0.2) is 0 Å². The predicted octanol–water partition coefficient (Wildman–Crippen LogP) is 0.416. The zero-order valence-electron chi connectivity index (χ0n) is 13.0. The van der Waals surface area contributed by atoms with Crippen LogP contribution in [0.2, 0.25) is 0 Å². The summed E-state index contributed by atoms with van der Waals surface area (Å²) in [5.74, 6) is 0. The second-order valence-corrected chi connectivity index (χ2v) is 5.79. The third-order valence-electron chi connectivity index (χ3n) is 2.81. The van der Waals surface area contributed by atoms with Crippen LogP contribution < -0.4 is 34.3 Å². The molecule has 0 aliphatic heterocycles. The van der Waals surface area contributed by atoms with Crippen LogP contribution in [0.4, 0.5) is 0 Å². The molecule has 0 atom stereocenters. The van der Waals surface area contributed by atoms with Crippen molar-refractivity contribution in [1.29, 1.82) is 0 Å². The van der Waals surface area contributed by atoms with Crippen LogP contribution >= 0.6 is 0 Å². The minimum absolute atomic E-state index is 0. The van der Waals surface area contributed by atoms with Gasteiger partial charge in [-0.2, -0.15) is 13.1 Å². The molecular formula is C12H28NNaO3S. The predicted molar refractivity (Wildman–Crippen MR) is 72.5 cm³/mol. The molecule has 0 saturated heterocycles. The van der Waals surface area contributed by atoms with Gasteiger partial charge in [0.2, 0.25) is 0 Å². The van der Waals surface area contributed by atoms with Gasteiger partial charge >= 0.3 is 39.9 Å². The first-order valence-electron chi connectivity index (χ1n) is 6.78. The molecule has 0 radical (unpaired) electrons. The molecule has 0 unspecified atom stereocenters. The second-order valence-electron chi connectivity index (χ2n) is 4.55. The summed E-state index contributed by atoms with van der Waals surface area (Å²) in [5, 5.41) is 0. The van der Waals surface area contributed by atoms with E-state index in [9.17, 15) is 8.42 Å². The molecule has 0 aliphatic carbocycles. The van der Waals surface area contributed by atoms with Crippen molar-refractivity contribution in [2.45, 2.75) is 71.1 Å². The first-order chi connectivity index (χ1) is 8.06. The van der Waals surface area contributed by atoms with Crippen molar-refractivity contribution in [3.63, 3.8) is 0 Å². The second kappa shape index (κ2) is 14.3. The van der Waals surface area contributed by atoms with Gasteiger partial charge in [0.05, 0.1) is 0 Å². The molecule has 18 heavy (non-hydrogen) atoms. The Bertz CT molecular complexity index is 264. The SMILES string of the molecule is CCCCCCCCCCCCNS(=O)(=O)O.[H-].[Na+]. The van der Waals surface area contributed by atoms with Crippen molar-refractivity contribution in [2.24, 2.45) is 0 Å². The molecule has 0 fully saturated rings. The third-order valence-corrected chi connectivity index (χ3v) is 3.38. The van der Waals surface area contributed by atoms with Gasteiger partial charge in [-0.1, -0.05) is 64.7 Å². The molecule has 106 valence electrons. The van der Waals surface area contributed by atoms with Crippen molar-refractivity contribution in [2.75, 3.05) is 6.54 Å². The average molecular weight is 289 g/mol. The summed E-state index contributed by atoms with van der Waals surface area (Å²) in [5.41, 5.74) is 0. The van der Waals surface area contributed by atoms with Crippen LogP contribution in [0.15, 0.2) is 0 Å². The Hall–Kier alpha value is 0.870. The van der Waals surface area contributed by atoms with E-state index < -0.39 is 10.3 Å². The monoisotopic (exact) mass is 289 g/mol. The van der Waals surface area contributed by atoms with Gasteiger partial charge in [-0.15, -0.1) is 0 Å². The summed E-state index contributed by atoms with van der Waals surface area (Å²) >= 11 is 0. The molecule has 0 aromatic heterocycles. The minimum Gasteiger partial charge on any atom is -1.00 e. The molecule has 4 nitrogen and oxygen atoms in total. The van der Waals surface area contributed by atoms with Crippen molar-refractivity contribution in [1.82, 2.24) is 4.72 Å².